The second kappa shape index (κ2) is 24.9. The number of sulfone groups is 1. The van der Waals surface area contributed by atoms with Gasteiger partial charge in [0.2, 0.25) is 0 Å². The summed E-state index contributed by atoms with van der Waals surface area (Å²) in [4.78, 5) is 50.1. The van der Waals surface area contributed by atoms with Crippen LogP contribution in [-0.4, -0.2) is 88.8 Å². The number of hydrogen-bond acceptors (Lipinski definition) is 17. The molecule has 0 aromatic heterocycles. The molecule has 63 heavy (non-hydrogen) atoms. The highest BCUT2D eigenvalue weighted by molar-refractivity contribution is 7.91. The molecule has 2 atom stereocenters. The molecule has 0 bridgehead atoms. The van der Waals surface area contributed by atoms with Gasteiger partial charge in [-0.2, -0.15) is 0 Å². The Bertz CT molecular complexity index is 2310. The van der Waals surface area contributed by atoms with E-state index in [1.807, 2.05) is 0 Å². The second-order valence-electron chi connectivity index (χ2n) is 15.4. The normalized spacial score (nSPS) is 14.2. The minimum atomic E-state index is -5.23. The van der Waals surface area contributed by atoms with Crippen LogP contribution in [0.2, 0.25) is 0 Å². The van der Waals surface area contributed by atoms with Crippen LogP contribution in [0.25, 0.3) is 0 Å². The maximum atomic E-state index is 13.6. The Morgan fingerprint density at radius 3 is 1.98 bits per heavy atom. The molecule has 3 aromatic rings. The van der Waals surface area contributed by atoms with E-state index >= 15 is 0 Å². The average Bonchev–Trinajstić information content (AvgIpc) is 3.24. The minimum Gasteiger partial charge on any atom is -0.756 e. The predicted octanol–water partition coefficient (Wildman–Crippen LogP) is 5.94. The van der Waals surface area contributed by atoms with Crippen LogP contribution >= 0.6 is 7.82 Å². The van der Waals surface area contributed by atoms with Gasteiger partial charge in [0.25, 0.3) is 7.82 Å². The third kappa shape index (κ3) is 16.2. The van der Waals surface area contributed by atoms with Gasteiger partial charge < -0.3 is 44.7 Å². The number of aliphatic hydroxyl groups excluding tert-OH is 1. The van der Waals surface area contributed by atoms with Gasteiger partial charge in [-0.1, -0.05) is 114 Å². The second-order valence-corrected chi connectivity index (χ2v) is 20.2. The first-order valence-electron chi connectivity index (χ1n) is 21.3. The zero-order valence-corrected chi connectivity index (χ0v) is 38.0. The van der Waals surface area contributed by atoms with Gasteiger partial charge in [0.1, 0.15) is 22.8 Å². The maximum absolute atomic E-state index is 13.6. The first-order valence-corrected chi connectivity index (χ1v) is 25.8. The maximum Gasteiger partial charge on any atom is 0.305 e. The zero-order chi connectivity index (χ0) is 46.0. The van der Waals surface area contributed by atoms with Crippen molar-refractivity contribution in [2.75, 3.05) is 49.7 Å². The number of carbonyl (C=O) groups excluding carboxylic acids is 3. The SMILES string of the molecule is CCCCCCCCCCCCCCCC(=O)OCC(O)COP(=O)([O-])OCCNCCS(=O)(=O)c1cccc(Nc2cc(S(=O)(=O)[O-])c(N)c3c2C(=O)c2ccccc2C3=O)c1. The fourth-order valence-electron chi connectivity index (χ4n) is 7.01. The van der Waals surface area contributed by atoms with Crippen LogP contribution in [0.15, 0.2) is 64.4 Å². The van der Waals surface area contributed by atoms with Crippen LogP contribution in [0.4, 0.5) is 17.1 Å². The van der Waals surface area contributed by atoms with Crippen molar-refractivity contribution >= 4 is 62.4 Å². The molecule has 1 aliphatic rings. The molecular formula is C43H58N3O14PS2-2. The number of benzene rings is 3. The van der Waals surface area contributed by atoms with Gasteiger partial charge in [0, 0.05) is 36.3 Å². The lowest BCUT2D eigenvalue weighted by molar-refractivity contribution is -0.227. The highest BCUT2D eigenvalue weighted by atomic mass is 32.2. The Hall–Kier alpha value is -4.04. The number of nitrogens with two attached hydrogens (primary N) is 1. The molecule has 0 heterocycles. The minimum absolute atomic E-state index is 0.0264. The summed E-state index contributed by atoms with van der Waals surface area (Å²) in [5.41, 5.74) is 4.36. The number of rotatable bonds is 30. The number of fused-ring (bicyclic) bond motifs is 2. The fourth-order valence-corrected chi connectivity index (χ4v) is 9.63. The quantitative estimate of drug-likeness (QED) is 0.0155. The Kier molecular flexibility index (Phi) is 20.4. The molecule has 348 valence electrons. The Labute approximate surface area is 369 Å². The number of phosphoric acid groups is 1. The van der Waals surface area contributed by atoms with Gasteiger partial charge in [-0.3, -0.25) is 18.9 Å². The van der Waals surface area contributed by atoms with E-state index in [0.29, 0.717) is 6.42 Å². The van der Waals surface area contributed by atoms with Gasteiger partial charge in [-0.05, 0) is 30.7 Å². The molecule has 0 radical (unpaired) electrons. The summed E-state index contributed by atoms with van der Waals surface area (Å²) in [6.07, 6.45) is 14.1. The Morgan fingerprint density at radius 2 is 1.38 bits per heavy atom. The summed E-state index contributed by atoms with van der Waals surface area (Å²) in [6.45, 7) is 0.406. The summed E-state index contributed by atoms with van der Waals surface area (Å²) < 4.78 is 89.5. The largest absolute Gasteiger partial charge is 0.756 e. The monoisotopic (exact) mass is 935 g/mol. The van der Waals surface area contributed by atoms with E-state index in [1.54, 1.807) is 0 Å². The third-order valence-corrected chi connectivity index (χ3v) is 13.9. The third-order valence-electron chi connectivity index (χ3n) is 10.4. The van der Waals surface area contributed by atoms with Crippen LogP contribution in [0.5, 0.6) is 0 Å². The smallest absolute Gasteiger partial charge is 0.305 e. The number of phosphoric ester groups is 1. The highest BCUT2D eigenvalue weighted by Crippen LogP contribution is 2.40. The van der Waals surface area contributed by atoms with Crippen molar-refractivity contribution < 1.29 is 64.1 Å². The van der Waals surface area contributed by atoms with E-state index in [0.717, 1.165) is 25.3 Å². The molecular weight excluding hydrogens is 878 g/mol. The molecule has 0 saturated heterocycles. The van der Waals surface area contributed by atoms with E-state index in [2.05, 4.69) is 22.1 Å². The van der Waals surface area contributed by atoms with Crippen molar-refractivity contribution in [2.45, 2.75) is 113 Å². The van der Waals surface area contributed by atoms with Crippen molar-refractivity contribution in [1.82, 2.24) is 5.32 Å². The van der Waals surface area contributed by atoms with Gasteiger partial charge >= 0.3 is 5.97 Å². The van der Waals surface area contributed by atoms with Crippen LogP contribution < -0.4 is 21.3 Å². The number of ether oxygens (including phenoxy) is 1. The van der Waals surface area contributed by atoms with Crippen molar-refractivity contribution in [2.24, 2.45) is 0 Å². The number of ketones is 2. The van der Waals surface area contributed by atoms with E-state index < -0.39 is 93.1 Å². The predicted molar refractivity (Wildman–Crippen MR) is 234 cm³/mol. The van der Waals surface area contributed by atoms with E-state index in [9.17, 15) is 50.3 Å². The lowest BCUT2D eigenvalue weighted by atomic mass is 9.82. The number of hydrogen-bond donors (Lipinski definition) is 4. The van der Waals surface area contributed by atoms with Crippen molar-refractivity contribution in [3.63, 3.8) is 0 Å². The summed E-state index contributed by atoms with van der Waals surface area (Å²) >= 11 is 0. The molecule has 4 rings (SSSR count). The molecule has 20 heteroatoms. The molecule has 0 saturated carbocycles. The Balaban J connectivity index is 1.15. The number of aliphatic hydroxyl groups is 1. The van der Waals surface area contributed by atoms with Crippen LogP contribution in [-0.2, 0) is 43.1 Å². The standard InChI is InChI=1S/C43H60N3O14PS2/c1-2-3-4-5-6-7-8-9-10-11-12-13-14-22-38(48)58-29-32(47)30-60-61(51,52)59-25-23-45-24-26-62(53,54)33-19-17-18-31(27-33)46-36-28-37(63(55,56)57)41(44)40-39(36)42(49)34-20-15-16-21-35(34)43(40)50/h15-21,27-28,32,45-47H,2-14,22-26,29-30,44H2,1H3,(H,51,52)(H,55,56,57)/p-2. The van der Waals surface area contributed by atoms with Crippen molar-refractivity contribution in [1.29, 1.82) is 0 Å². The topological polar surface area (TPSA) is 281 Å². The molecule has 0 amide bonds. The number of unbranched alkanes of at least 4 members (excludes halogenated alkanes) is 12. The van der Waals surface area contributed by atoms with Crippen molar-refractivity contribution in [3.8, 4) is 0 Å². The molecule has 17 nitrogen and oxygen atoms in total. The van der Waals surface area contributed by atoms with E-state index in [-0.39, 0.29) is 52.5 Å². The summed E-state index contributed by atoms with van der Waals surface area (Å²) in [5, 5.41) is 15.6. The van der Waals surface area contributed by atoms with Gasteiger partial charge in [0.05, 0.1) is 51.3 Å². The molecule has 1 aliphatic carbocycles. The number of carbonyl (C=O) groups is 3. The first kappa shape index (κ1) is 51.6. The molecule has 3 aromatic carbocycles. The van der Waals surface area contributed by atoms with Gasteiger partial charge in [-0.15, -0.1) is 0 Å². The summed E-state index contributed by atoms with van der Waals surface area (Å²) in [6, 6.07) is 11.9. The van der Waals surface area contributed by atoms with E-state index in [4.69, 9.17) is 15.0 Å². The molecule has 0 spiro atoms. The molecule has 0 aliphatic heterocycles. The molecule has 2 unspecified atom stereocenters. The lowest BCUT2D eigenvalue weighted by Gasteiger charge is -2.25. The molecule has 0 fully saturated rings. The zero-order valence-electron chi connectivity index (χ0n) is 35.5. The van der Waals surface area contributed by atoms with Crippen LogP contribution in [0.1, 0.15) is 129 Å². The number of nitrogens with one attached hydrogen (secondary N) is 2. The summed E-state index contributed by atoms with van der Waals surface area (Å²) in [5.74, 6) is -2.39. The van der Waals surface area contributed by atoms with Crippen molar-refractivity contribution in [3.05, 3.63) is 76.9 Å². The lowest BCUT2D eigenvalue weighted by Crippen LogP contribution is -2.28. The first-order chi connectivity index (χ1) is 29.9. The molecule has 5 N–H and O–H groups in total. The highest BCUT2D eigenvalue weighted by Gasteiger charge is 2.35. The van der Waals surface area contributed by atoms with Gasteiger partial charge in [-0.25, -0.2) is 16.8 Å². The Morgan fingerprint density at radius 1 is 0.794 bits per heavy atom. The fraction of sp³-hybridized carbons (Fsp3) is 0.512. The van der Waals surface area contributed by atoms with Crippen LogP contribution in [0, 0.1) is 0 Å². The number of anilines is 3. The van der Waals surface area contributed by atoms with Gasteiger partial charge in [0.15, 0.2) is 21.4 Å². The van der Waals surface area contributed by atoms with E-state index in [1.165, 1.54) is 106 Å². The summed E-state index contributed by atoms with van der Waals surface area (Å²) in [7, 11) is -14.1. The average molecular weight is 936 g/mol. The number of esters is 1. The number of nitrogen functional groups attached to an aromatic ring is 1. The van der Waals surface area contributed by atoms with Crippen LogP contribution in [0.3, 0.4) is 0 Å².